The number of ether oxygens (including phenoxy) is 3. The van der Waals surface area contributed by atoms with Gasteiger partial charge >= 0.3 is 0 Å². The highest BCUT2D eigenvalue weighted by molar-refractivity contribution is 9.10. The minimum absolute atomic E-state index is 0.237. The Labute approximate surface area is 184 Å². The lowest BCUT2D eigenvalue weighted by atomic mass is 9.97. The number of pyridine rings is 1. The highest BCUT2D eigenvalue weighted by Crippen LogP contribution is 2.41. The molecule has 29 heavy (non-hydrogen) atoms. The first-order valence-electron chi connectivity index (χ1n) is 8.74. The molecule has 0 radical (unpaired) electrons. The molecule has 4 rings (SSSR count). The van der Waals surface area contributed by atoms with E-state index in [0.717, 1.165) is 5.56 Å². The van der Waals surface area contributed by atoms with Gasteiger partial charge in [-0.2, -0.15) is 0 Å². The van der Waals surface area contributed by atoms with E-state index in [0.29, 0.717) is 14.5 Å². The molecule has 4 unspecified atom stereocenters. The van der Waals surface area contributed by atoms with E-state index in [2.05, 4.69) is 30.9 Å². The molecule has 0 aliphatic carbocycles. The minimum atomic E-state index is -1.10. The molecule has 2 fully saturated rings. The van der Waals surface area contributed by atoms with E-state index in [1.54, 1.807) is 6.07 Å². The second-order valence-corrected chi connectivity index (χ2v) is 8.79. The molecule has 0 saturated carbocycles. The van der Waals surface area contributed by atoms with Crippen LogP contribution in [0.3, 0.4) is 0 Å². The van der Waals surface area contributed by atoms with Crippen molar-refractivity contribution in [1.82, 2.24) is 4.98 Å². The van der Waals surface area contributed by atoms with Gasteiger partial charge in [0.25, 0.3) is 0 Å². The van der Waals surface area contributed by atoms with Crippen molar-refractivity contribution in [1.29, 1.82) is 0 Å². The number of halogens is 2. The van der Waals surface area contributed by atoms with Gasteiger partial charge in [-0.3, -0.25) is 0 Å². The number of rotatable bonds is 4. The third-order valence-electron chi connectivity index (χ3n) is 4.61. The fourth-order valence-corrected chi connectivity index (χ4v) is 5.07. The second-order valence-electron chi connectivity index (χ2n) is 6.47. The van der Waals surface area contributed by atoms with E-state index < -0.39 is 36.1 Å². The van der Waals surface area contributed by atoms with Crippen LogP contribution in [0.5, 0.6) is 0 Å². The molecule has 1 aromatic carbocycles. The Morgan fingerprint density at radius 3 is 2.86 bits per heavy atom. The summed E-state index contributed by atoms with van der Waals surface area (Å²) in [6.45, 7) is 0.237. The smallest absolute Gasteiger partial charge is 0.184 e. The van der Waals surface area contributed by atoms with Gasteiger partial charge in [0, 0.05) is 21.6 Å². The van der Waals surface area contributed by atoms with Crippen LogP contribution in [0.2, 0.25) is 5.02 Å². The number of hydrogen-bond acceptors (Lipinski definition) is 7. The lowest BCUT2D eigenvalue weighted by Crippen LogP contribution is -2.60. The van der Waals surface area contributed by atoms with Gasteiger partial charge in [-0.25, -0.2) is 4.98 Å². The molecule has 3 heterocycles. The Bertz CT molecular complexity index is 920. The molecule has 0 bridgehead atoms. The van der Waals surface area contributed by atoms with Crippen LogP contribution in [0, 0.1) is 0 Å². The van der Waals surface area contributed by atoms with Crippen LogP contribution in [-0.4, -0.2) is 46.5 Å². The van der Waals surface area contributed by atoms with Crippen LogP contribution in [0.15, 0.2) is 57.2 Å². The molecule has 2 saturated heterocycles. The van der Waals surface area contributed by atoms with Crippen molar-refractivity contribution in [2.45, 2.75) is 41.0 Å². The second kappa shape index (κ2) is 9.20. The van der Waals surface area contributed by atoms with E-state index in [1.807, 2.05) is 30.3 Å². The molecule has 1 N–H and O–H groups in total. The van der Waals surface area contributed by atoms with Crippen LogP contribution in [0.1, 0.15) is 11.9 Å². The fraction of sp³-hybridized carbons (Fsp3) is 0.389. The van der Waals surface area contributed by atoms with Gasteiger partial charge in [0.2, 0.25) is 0 Å². The summed E-state index contributed by atoms with van der Waals surface area (Å²) in [5.41, 5.74) is 9.16. The van der Waals surface area contributed by atoms with Crippen molar-refractivity contribution in [3.05, 3.63) is 68.2 Å². The number of azide groups is 1. The predicted molar refractivity (Wildman–Crippen MR) is 110 cm³/mol. The highest BCUT2D eigenvalue weighted by Gasteiger charge is 2.49. The molecule has 0 amide bonds. The Morgan fingerprint density at radius 2 is 2.10 bits per heavy atom. The van der Waals surface area contributed by atoms with Crippen LogP contribution >= 0.6 is 39.3 Å². The summed E-state index contributed by atoms with van der Waals surface area (Å²) < 4.78 is 18.5. The zero-order chi connectivity index (χ0) is 20.4. The number of fused-ring (bicyclic) bond motifs is 1. The molecule has 2 aromatic rings. The lowest BCUT2D eigenvalue weighted by Gasteiger charge is -2.46. The summed E-state index contributed by atoms with van der Waals surface area (Å²) in [4.78, 5) is 7.75. The maximum absolute atomic E-state index is 10.9. The molecule has 6 atom stereocenters. The van der Waals surface area contributed by atoms with Crippen molar-refractivity contribution < 1.29 is 19.3 Å². The van der Waals surface area contributed by atoms with Crippen LogP contribution in [0.4, 0.5) is 0 Å². The number of aromatic nitrogens is 1. The average molecular weight is 500 g/mol. The summed E-state index contributed by atoms with van der Waals surface area (Å²) in [5, 5.41) is 15.1. The number of aliphatic hydroxyl groups excluding tert-OH is 1. The number of aliphatic hydroxyl groups is 1. The van der Waals surface area contributed by atoms with Gasteiger partial charge in [-0.15, -0.1) is 0 Å². The summed E-state index contributed by atoms with van der Waals surface area (Å²) in [7, 11) is 0. The number of benzene rings is 1. The minimum Gasteiger partial charge on any atom is -0.389 e. The maximum Gasteiger partial charge on any atom is 0.184 e. The van der Waals surface area contributed by atoms with Gasteiger partial charge in [0.1, 0.15) is 28.4 Å². The first-order valence-corrected chi connectivity index (χ1v) is 10.8. The number of thioether (sulfide) groups is 1. The van der Waals surface area contributed by atoms with Gasteiger partial charge < -0.3 is 19.3 Å². The number of hydrogen-bond donors (Lipinski definition) is 1. The molecule has 11 heteroatoms. The summed E-state index contributed by atoms with van der Waals surface area (Å²) in [5.74, 6) is 0. The van der Waals surface area contributed by atoms with E-state index in [9.17, 15) is 5.11 Å². The van der Waals surface area contributed by atoms with Gasteiger partial charge in [-0.05, 0) is 27.5 Å². The first kappa shape index (κ1) is 20.9. The SMILES string of the molecule is [N-]=[N+]=NC1C(O)[C@@H](Sc2cc(Cl)cnc2Br)OC2COC(c3ccccc3)O[C@@H]21. The Kier molecular flexibility index (Phi) is 6.63. The average Bonchev–Trinajstić information content (AvgIpc) is 2.74. The molecule has 8 nitrogen and oxygen atoms in total. The van der Waals surface area contributed by atoms with Crippen LogP contribution < -0.4 is 0 Å². The Morgan fingerprint density at radius 1 is 1.31 bits per heavy atom. The molecular formula is C18H16BrClN4O4S. The van der Waals surface area contributed by atoms with E-state index in [1.165, 1.54) is 18.0 Å². The maximum atomic E-state index is 10.9. The van der Waals surface area contributed by atoms with Gasteiger partial charge in [0.05, 0.1) is 17.7 Å². The first-order chi connectivity index (χ1) is 14.1. The van der Waals surface area contributed by atoms with Crippen molar-refractivity contribution in [2.24, 2.45) is 5.11 Å². The predicted octanol–water partition coefficient (Wildman–Crippen LogP) is 4.47. The molecule has 152 valence electrons. The van der Waals surface area contributed by atoms with Crippen LogP contribution in [-0.2, 0) is 14.2 Å². The third-order valence-corrected chi connectivity index (χ3v) is 6.90. The van der Waals surface area contributed by atoms with E-state index in [-0.39, 0.29) is 6.61 Å². The summed E-state index contributed by atoms with van der Waals surface area (Å²) in [6.07, 6.45) is -1.35. The Balaban J connectivity index is 1.56. The van der Waals surface area contributed by atoms with Crippen molar-refractivity contribution in [2.75, 3.05) is 6.61 Å². The van der Waals surface area contributed by atoms with Gasteiger partial charge in [-0.1, -0.05) is 58.8 Å². The van der Waals surface area contributed by atoms with Crippen LogP contribution in [0.25, 0.3) is 10.4 Å². The molecule has 0 spiro atoms. The zero-order valence-electron chi connectivity index (χ0n) is 14.8. The standard InChI is InChI=1S/C18H16BrClN4O4S/c19-16-12(6-10(20)7-22-16)29-18-14(25)13(23-24-21)15-11(27-18)8-26-17(28-15)9-4-2-1-3-5-9/h1-7,11,13-15,17-18,25H,8H2/t11?,13?,14?,15-,17?,18+/m0/s1. The van der Waals surface area contributed by atoms with Crippen molar-refractivity contribution in [3.8, 4) is 0 Å². The Hall–Kier alpha value is -1.36. The highest BCUT2D eigenvalue weighted by atomic mass is 79.9. The quantitative estimate of drug-likeness (QED) is 0.288. The largest absolute Gasteiger partial charge is 0.389 e. The zero-order valence-corrected chi connectivity index (χ0v) is 18.0. The monoisotopic (exact) mass is 498 g/mol. The van der Waals surface area contributed by atoms with E-state index >= 15 is 0 Å². The summed E-state index contributed by atoms with van der Waals surface area (Å²) >= 11 is 10.6. The fourth-order valence-electron chi connectivity index (χ4n) is 3.26. The van der Waals surface area contributed by atoms with E-state index in [4.69, 9.17) is 31.3 Å². The van der Waals surface area contributed by atoms with Crippen molar-refractivity contribution in [3.63, 3.8) is 0 Å². The molecule has 2 aliphatic rings. The molecule has 2 aliphatic heterocycles. The lowest BCUT2D eigenvalue weighted by molar-refractivity contribution is -0.297. The van der Waals surface area contributed by atoms with Crippen molar-refractivity contribution >= 4 is 39.3 Å². The summed E-state index contributed by atoms with van der Waals surface area (Å²) in [6, 6.07) is 10.3. The molecular weight excluding hydrogens is 484 g/mol. The normalized spacial score (nSPS) is 31.6. The topological polar surface area (TPSA) is 110 Å². The number of nitrogens with zero attached hydrogens (tertiary/aromatic N) is 4. The third kappa shape index (κ3) is 4.55. The van der Waals surface area contributed by atoms with Gasteiger partial charge in [0.15, 0.2) is 6.29 Å². The molecule has 1 aromatic heterocycles.